The summed E-state index contributed by atoms with van der Waals surface area (Å²) in [5, 5.41) is 0. The molecule has 92 valence electrons. The van der Waals surface area contributed by atoms with E-state index in [-0.39, 0.29) is 12.1 Å². The second-order valence-corrected chi connectivity index (χ2v) is 5.40. The Kier molecular flexibility index (Phi) is 4.24. The summed E-state index contributed by atoms with van der Waals surface area (Å²) < 4.78 is 7.05. The lowest BCUT2D eigenvalue weighted by molar-refractivity contribution is 0.227. The second-order valence-electron chi connectivity index (χ2n) is 4.49. The average molecular weight is 296 g/mol. The van der Waals surface area contributed by atoms with Gasteiger partial charge in [0.15, 0.2) is 0 Å². The van der Waals surface area contributed by atoms with Crippen LogP contribution in [-0.4, -0.2) is 6.10 Å². The van der Waals surface area contributed by atoms with Gasteiger partial charge in [-0.2, -0.15) is 0 Å². The molecule has 1 aromatic carbocycles. The van der Waals surface area contributed by atoms with E-state index < -0.39 is 0 Å². The van der Waals surface area contributed by atoms with Gasteiger partial charge >= 0.3 is 0 Å². The molecule has 0 aromatic heterocycles. The SMILES string of the molecule is C[C@@H](N)c1cc(Br)ccc1OC1C=CCCC1. The monoisotopic (exact) mass is 295 g/mol. The fourth-order valence-corrected chi connectivity index (χ4v) is 2.40. The molecular formula is C14H18BrNO. The first kappa shape index (κ1) is 12.7. The Balaban J connectivity index is 2.19. The quantitative estimate of drug-likeness (QED) is 0.857. The van der Waals surface area contributed by atoms with Crippen LogP contribution in [0.1, 0.15) is 37.8 Å². The standard InChI is InChI=1S/C14H18BrNO/c1-10(16)13-9-11(15)7-8-14(13)17-12-5-3-2-4-6-12/h3,5,7-10,12H,2,4,6,16H2,1H3/t10-,12?/m1/s1. The van der Waals surface area contributed by atoms with Gasteiger partial charge < -0.3 is 10.5 Å². The summed E-state index contributed by atoms with van der Waals surface area (Å²) in [6.45, 7) is 1.98. The molecule has 2 rings (SSSR count). The predicted molar refractivity (Wildman–Crippen MR) is 74.2 cm³/mol. The van der Waals surface area contributed by atoms with Crippen molar-refractivity contribution in [3.05, 3.63) is 40.4 Å². The van der Waals surface area contributed by atoms with Gasteiger partial charge in [0.1, 0.15) is 11.9 Å². The van der Waals surface area contributed by atoms with Crippen LogP contribution in [0.5, 0.6) is 5.75 Å². The number of halogens is 1. The van der Waals surface area contributed by atoms with Crippen molar-refractivity contribution < 1.29 is 4.74 Å². The van der Waals surface area contributed by atoms with Gasteiger partial charge in [-0.3, -0.25) is 0 Å². The van der Waals surface area contributed by atoms with Gasteiger partial charge in [0.2, 0.25) is 0 Å². The highest BCUT2D eigenvalue weighted by Gasteiger charge is 2.14. The molecule has 1 aromatic rings. The van der Waals surface area contributed by atoms with E-state index in [2.05, 4.69) is 28.1 Å². The van der Waals surface area contributed by atoms with Crippen LogP contribution in [0.2, 0.25) is 0 Å². The van der Waals surface area contributed by atoms with Crippen LogP contribution in [-0.2, 0) is 0 Å². The molecule has 0 bridgehead atoms. The molecule has 1 aliphatic carbocycles. The highest BCUT2D eigenvalue weighted by atomic mass is 79.9. The minimum Gasteiger partial charge on any atom is -0.486 e. The van der Waals surface area contributed by atoms with E-state index in [9.17, 15) is 0 Å². The summed E-state index contributed by atoms with van der Waals surface area (Å²) in [5.41, 5.74) is 7.02. The van der Waals surface area contributed by atoms with Crippen LogP contribution in [0.4, 0.5) is 0 Å². The first-order chi connectivity index (χ1) is 8.16. The molecule has 2 atom stereocenters. The van der Waals surface area contributed by atoms with Crippen molar-refractivity contribution in [3.8, 4) is 5.75 Å². The fourth-order valence-electron chi connectivity index (χ4n) is 2.02. The summed E-state index contributed by atoms with van der Waals surface area (Å²) in [5.74, 6) is 0.903. The predicted octanol–water partition coefficient (Wildman–Crippen LogP) is 3.96. The van der Waals surface area contributed by atoms with E-state index in [0.29, 0.717) is 0 Å². The van der Waals surface area contributed by atoms with Crippen molar-refractivity contribution in [2.45, 2.75) is 38.3 Å². The minimum atomic E-state index is -0.0185. The fraction of sp³-hybridized carbons (Fsp3) is 0.429. The van der Waals surface area contributed by atoms with Crippen molar-refractivity contribution in [1.82, 2.24) is 0 Å². The molecular weight excluding hydrogens is 278 g/mol. The van der Waals surface area contributed by atoms with Crippen molar-refractivity contribution >= 4 is 15.9 Å². The van der Waals surface area contributed by atoms with Gasteiger partial charge in [0, 0.05) is 16.1 Å². The van der Waals surface area contributed by atoms with Gasteiger partial charge in [-0.15, -0.1) is 0 Å². The Bertz CT molecular complexity index is 415. The molecule has 2 nitrogen and oxygen atoms in total. The number of nitrogens with two attached hydrogens (primary N) is 1. The van der Waals surface area contributed by atoms with Crippen LogP contribution >= 0.6 is 15.9 Å². The summed E-state index contributed by atoms with van der Waals surface area (Å²) in [6.07, 6.45) is 7.99. The smallest absolute Gasteiger partial charge is 0.125 e. The van der Waals surface area contributed by atoms with Gasteiger partial charge in [0.25, 0.3) is 0 Å². The number of hydrogen-bond acceptors (Lipinski definition) is 2. The Morgan fingerprint density at radius 3 is 2.94 bits per heavy atom. The van der Waals surface area contributed by atoms with Gasteiger partial charge in [0.05, 0.1) is 0 Å². The van der Waals surface area contributed by atoms with E-state index in [4.69, 9.17) is 10.5 Å². The molecule has 0 fully saturated rings. The maximum Gasteiger partial charge on any atom is 0.125 e. The van der Waals surface area contributed by atoms with E-state index in [1.165, 1.54) is 12.8 Å². The number of allylic oxidation sites excluding steroid dienone is 1. The molecule has 0 heterocycles. The molecule has 1 aliphatic rings. The highest BCUT2D eigenvalue weighted by Crippen LogP contribution is 2.29. The first-order valence-corrected chi connectivity index (χ1v) is 6.84. The zero-order valence-corrected chi connectivity index (χ0v) is 11.6. The highest BCUT2D eigenvalue weighted by molar-refractivity contribution is 9.10. The molecule has 3 heteroatoms. The van der Waals surface area contributed by atoms with Crippen molar-refractivity contribution in [2.24, 2.45) is 5.73 Å². The molecule has 17 heavy (non-hydrogen) atoms. The summed E-state index contributed by atoms with van der Waals surface area (Å²) in [7, 11) is 0. The van der Waals surface area contributed by atoms with Crippen LogP contribution in [0, 0.1) is 0 Å². The molecule has 2 N–H and O–H groups in total. The number of hydrogen-bond donors (Lipinski definition) is 1. The molecule has 0 saturated heterocycles. The van der Waals surface area contributed by atoms with E-state index >= 15 is 0 Å². The lowest BCUT2D eigenvalue weighted by Gasteiger charge is -2.21. The molecule has 0 spiro atoms. The summed E-state index contributed by atoms with van der Waals surface area (Å²) in [6, 6.07) is 6.00. The number of ether oxygens (including phenoxy) is 1. The van der Waals surface area contributed by atoms with E-state index in [0.717, 1.165) is 22.2 Å². The zero-order chi connectivity index (χ0) is 12.3. The van der Waals surface area contributed by atoms with Crippen LogP contribution in [0.15, 0.2) is 34.8 Å². The van der Waals surface area contributed by atoms with Crippen LogP contribution < -0.4 is 10.5 Å². The lowest BCUT2D eigenvalue weighted by Crippen LogP contribution is -2.18. The maximum absolute atomic E-state index is 6.02. The van der Waals surface area contributed by atoms with E-state index in [1.54, 1.807) is 0 Å². The average Bonchev–Trinajstić information content (AvgIpc) is 2.32. The van der Waals surface area contributed by atoms with Gasteiger partial charge in [-0.1, -0.05) is 22.0 Å². The Labute approximate surface area is 111 Å². The molecule has 0 amide bonds. The van der Waals surface area contributed by atoms with Crippen LogP contribution in [0.25, 0.3) is 0 Å². The van der Waals surface area contributed by atoms with Gasteiger partial charge in [-0.05, 0) is 50.5 Å². The van der Waals surface area contributed by atoms with Crippen LogP contribution in [0.3, 0.4) is 0 Å². The maximum atomic E-state index is 6.02. The molecule has 0 aliphatic heterocycles. The van der Waals surface area contributed by atoms with Gasteiger partial charge in [-0.25, -0.2) is 0 Å². The van der Waals surface area contributed by atoms with E-state index in [1.807, 2.05) is 25.1 Å². The molecule has 0 radical (unpaired) electrons. The normalized spacial score (nSPS) is 21.2. The molecule has 0 saturated carbocycles. The zero-order valence-electron chi connectivity index (χ0n) is 10.0. The second kappa shape index (κ2) is 5.69. The van der Waals surface area contributed by atoms with Crippen molar-refractivity contribution in [3.63, 3.8) is 0 Å². The Morgan fingerprint density at radius 2 is 2.29 bits per heavy atom. The third kappa shape index (κ3) is 3.33. The molecule has 1 unspecified atom stereocenters. The van der Waals surface area contributed by atoms with Crippen molar-refractivity contribution in [2.75, 3.05) is 0 Å². The minimum absolute atomic E-state index is 0.0185. The Hall–Kier alpha value is -0.800. The first-order valence-electron chi connectivity index (χ1n) is 6.05. The van der Waals surface area contributed by atoms with Crippen molar-refractivity contribution in [1.29, 1.82) is 0 Å². The summed E-state index contributed by atoms with van der Waals surface area (Å²) in [4.78, 5) is 0. The topological polar surface area (TPSA) is 35.2 Å². The largest absolute Gasteiger partial charge is 0.486 e. The lowest BCUT2D eigenvalue weighted by atomic mass is 10.0. The number of rotatable bonds is 3. The summed E-state index contributed by atoms with van der Waals surface area (Å²) >= 11 is 3.46. The third-order valence-electron chi connectivity index (χ3n) is 2.95. The Morgan fingerprint density at radius 1 is 1.47 bits per heavy atom. The number of benzene rings is 1. The third-order valence-corrected chi connectivity index (χ3v) is 3.44.